The van der Waals surface area contributed by atoms with Crippen LogP contribution in [0.25, 0.3) is 11.2 Å². The average molecular weight is 422 g/mol. The molecule has 8 nitrogen and oxygen atoms in total. The van der Waals surface area contributed by atoms with Crippen LogP contribution in [0.1, 0.15) is 24.2 Å². The Kier molecular flexibility index (Phi) is 5.88. The molecule has 1 fully saturated rings. The number of ether oxygens (including phenoxy) is 2. The number of hydrogen-bond donors (Lipinski definition) is 1. The van der Waals surface area contributed by atoms with Gasteiger partial charge >= 0.3 is 0 Å². The lowest BCUT2D eigenvalue weighted by molar-refractivity contribution is -0.120. The second-order valence-corrected chi connectivity index (χ2v) is 7.77. The Hall–Kier alpha value is -3.42. The van der Waals surface area contributed by atoms with E-state index in [1.807, 2.05) is 26.1 Å². The molecule has 1 N–H and O–H groups in total. The molecule has 0 radical (unpaired) electrons. The Labute approximate surface area is 181 Å². The highest BCUT2D eigenvalue weighted by molar-refractivity contribution is 5.94. The van der Waals surface area contributed by atoms with Crippen LogP contribution < -0.4 is 19.7 Å². The van der Waals surface area contributed by atoms with Crippen LogP contribution in [0.4, 0.5) is 11.4 Å². The van der Waals surface area contributed by atoms with E-state index >= 15 is 0 Å². The first-order valence-electron chi connectivity index (χ1n) is 10.4. The molecule has 31 heavy (non-hydrogen) atoms. The summed E-state index contributed by atoms with van der Waals surface area (Å²) >= 11 is 0. The molecule has 0 saturated carbocycles. The van der Waals surface area contributed by atoms with Gasteiger partial charge in [0, 0.05) is 19.2 Å². The van der Waals surface area contributed by atoms with E-state index in [9.17, 15) is 4.79 Å². The molecule has 0 aliphatic carbocycles. The minimum Gasteiger partial charge on any atom is -0.497 e. The number of fused-ring (bicyclic) bond motifs is 1. The molecule has 1 atom stereocenters. The van der Waals surface area contributed by atoms with Crippen molar-refractivity contribution in [2.75, 3.05) is 37.5 Å². The first-order chi connectivity index (χ1) is 15.0. The van der Waals surface area contributed by atoms with Gasteiger partial charge in [-0.25, -0.2) is 15.0 Å². The monoisotopic (exact) mass is 421 g/mol. The molecule has 1 saturated heterocycles. The Morgan fingerprint density at radius 3 is 2.71 bits per heavy atom. The number of carbonyl (C=O) groups excluding carboxylic acids is 1. The molecular weight excluding hydrogens is 394 g/mol. The summed E-state index contributed by atoms with van der Waals surface area (Å²) in [5.41, 5.74) is 4.80. The van der Waals surface area contributed by atoms with Gasteiger partial charge in [-0.15, -0.1) is 0 Å². The topological polar surface area (TPSA) is 89.5 Å². The third kappa shape index (κ3) is 4.38. The normalized spacial score (nSPS) is 16.3. The maximum absolute atomic E-state index is 13.0. The molecule has 1 unspecified atom stereocenters. The number of nitrogens with one attached hydrogen (secondary N) is 1. The molecule has 2 aromatic heterocycles. The number of methoxy groups -OCH3 is 2. The van der Waals surface area contributed by atoms with E-state index in [1.165, 1.54) is 0 Å². The Morgan fingerprint density at radius 2 is 1.94 bits per heavy atom. The molecule has 3 aromatic rings. The van der Waals surface area contributed by atoms with Crippen molar-refractivity contribution in [3.05, 3.63) is 41.9 Å². The number of nitrogens with zero attached hydrogens (tertiary/aromatic N) is 4. The van der Waals surface area contributed by atoms with Gasteiger partial charge < -0.3 is 19.7 Å². The molecule has 0 bridgehead atoms. The van der Waals surface area contributed by atoms with E-state index in [4.69, 9.17) is 9.47 Å². The van der Waals surface area contributed by atoms with Crippen LogP contribution in [0.5, 0.6) is 11.5 Å². The molecule has 1 aromatic carbocycles. The number of amides is 1. The van der Waals surface area contributed by atoms with Crippen LogP contribution in [0.3, 0.4) is 0 Å². The van der Waals surface area contributed by atoms with Gasteiger partial charge in [0.2, 0.25) is 5.91 Å². The van der Waals surface area contributed by atoms with Crippen molar-refractivity contribution in [1.82, 2.24) is 15.0 Å². The number of aryl methyl sites for hydroxylation is 2. The number of rotatable bonds is 5. The number of benzene rings is 1. The van der Waals surface area contributed by atoms with Crippen LogP contribution >= 0.6 is 0 Å². The van der Waals surface area contributed by atoms with E-state index in [2.05, 4.69) is 25.2 Å². The van der Waals surface area contributed by atoms with Crippen molar-refractivity contribution in [3.8, 4) is 11.5 Å². The minimum absolute atomic E-state index is 0.0202. The van der Waals surface area contributed by atoms with Crippen molar-refractivity contribution < 1.29 is 14.3 Å². The third-order valence-electron chi connectivity index (χ3n) is 5.74. The fourth-order valence-electron chi connectivity index (χ4n) is 3.84. The number of anilines is 2. The summed E-state index contributed by atoms with van der Waals surface area (Å²) in [5, 5.41) is 3.01. The summed E-state index contributed by atoms with van der Waals surface area (Å²) in [4.78, 5) is 28.8. The fraction of sp³-hybridized carbons (Fsp3) is 0.391. The lowest BCUT2D eigenvalue weighted by Gasteiger charge is -2.33. The summed E-state index contributed by atoms with van der Waals surface area (Å²) in [6, 6.07) is 7.37. The van der Waals surface area contributed by atoms with Gasteiger partial charge in [0.25, 0.3) is 0 Å². The number of pyridine rings is 1. The highest BCUT2D eigenvalue weighted by Gasteiger charge is 2.27. The maximum Gasteiger partial charge on any atom is 0.229 e. The zero-order valence-corrected chi connectivity index (χ0v) is 18.3. The van der Waals surface area contributed by atoms with E-state index in [0.29, 0.717) is 29.4 Å². The predicted molar refractivity (Wildman–Crippen MR) is 120 cm³/mol. The fourth-order valence-corrected chi connectivity index (χ4v) is 3.84. The van der Waals surface area contributed by atoms with Crippen LogP contribution in [-0.2, 0) is 4.79 Å². The molecule has 1 aliphatic heterocycles. The van der Waals surface area contributed by atoms with Gasteiger partial charge in [-0.2, -0.15) is 0 Å². The minimum atomic E-state index is -0.137. The Bertz CT molecular complexity index is 1120. The highest BCUT2D eigenvalue weighted by Crippen LogP contribution is 2.31. The zero-order valence-electron chi connectivity index (χ0n) is 18.3. The molecule has 1 aliphatic rings. The van der Waals surface area contributed by atoms with Crippen LogP contribution in [0, 0.1) is 19.8 Å². The van der Waals surface area contributed by atoms with E-state index in [-0.39, 0.29) is 11.8 Å². The average Bonchev–Trinajstić information content (AvgIpc) is 2.79. The number of piperidine rings is 1. The van der Waals surface area contributed by atoms with Crippen molar-refractivity contribution in [2.24, 2.45) is 5.92 Å². The highest BCUT2D eigenvalue weighted by atomic mass is 16.5. The Morgan fingerprint density at radius 1 is 1.13 bits per heavy atom. The summed E-state index contributed by atoms with van der Waals surface area (Å²) in [7, 11) is 3.17. The van der Waals surface area contributed by atoms with Gasteiger partial charge in [-0.3, -0.25) is 4.79 Å². The van der Waals surface area contributed by atoms with Gasteiger partial charge in [-0.1, -0.05) is 0 Å². The number of carbonyl (C=O) groups is 1. The lowest BCUT2D eigenvalue weighted by atomic mass is 9.96. The smallest absolute Gasteiger partial charge is 0.229 e. The second-order valence-electron chi connectivity index (χ2n) is 7.77. The number of aromatic nitrogens is 3. The molecule has 0 spiro atoms. The van der Waals surface area contributed by atoms with Gasteiger partial charge in [0.15, 0.2) is 5.65 Å². The molecule has 4 rings (SSSR count). The largest absolute Gasteiger partial charge is 0.497 e. The summed E-state index contributed by atoms with van der Waals surface area (Å²) in [5.74, 6) is 1.09. The van der Waals surface area contributed by atoms with Gasteiger partial charge in [0.05, 0.1) is 49.1 Å². The molecule has 3 heterocycles. The summed E-state index contributed by atoms with van der Waals surface area (Å²) < 4.78 is 10.6. The second kappa shape index (κ2) is 8.75. The lowest BCUT2D eigenvalue weighted by Crippen LogP contribution is -2.40. The standard InChI is InChI=1S/C23H27N5O3/c1-14-15(2)26-22-20(25-14)10-17(12-24-22)28-9-5-6-16(13-28)23(29)27-19-8-7-18(30-3)11-21(19)31-4/h7-8,10-12,16H,5-6,9,13H2,1-4H3,(H,27,29). The van der Waals surface area contributed by atoms with Crippen molar-refractivity contribution >= 4 is 28.4 Å². The Balaban J connectivity index is 1.50. The molecule has 162 valence electrons. The first-order valence-corrected chi connectivity index (χ1v) is 10.4. The van der Waals surface area contributed by atoms with E-state index in [0.717, 1.165) is 42.0 Å². The summed E-state index contributed by atoms with van der Waals surface area (Å²) in [6.07, 6.45) is 3.58. The van der Waals surface area contributed by atoms with Gasteiger partial charge in [0.1, 0.15) is 17.0 Å². The maximum atomic E-state index is 13.0. The van der Waals surface area contributed by atoms with Crippen LogP contribution in [0.2, 0.25) is 0 Å². The third-order valence-corrected chi connectivity index (χ3v) is 5.74. The van der Waals surface area contributed by atoms with E-state index < -0.39 is 0 Å². The van der Waals surface area contributed by atoms with Crippen molar-refractivity contribution in [2.45, 2.75) is 26.7 Å². The molecule has 8 heteroatoms. The van der Waals surface area contributed by atoms with Crippen molar-refractivity contribution in [1.29, 1.82) is 0 Å². The molecular formula is C23H27N5O3. The predicted octanol–water partition coefficient (Wildman–Crippen LogP) is 3.51. The van der Waals surface area contributed by atoms with Crippen LogP contribution in [-0.4, -0.2) is 48.2 Å². The molecule has 1 amide bonds. The number of hydrogen-bond acceptors (Lipinski definition) is 7. The van der Waals surface area contributed by atoms with Crippen LogP contribution in [0.15, 0.2) is 30.5 Å². The van der Waals surface area contributed by atoms with Gasteiger partial charge in [-0.05, 0) is 44.9 Å². The van der Waals surface area contributed by atoms with Crippen molar-refractivity contribution in [3.63, 3.8) is 0 Å². The SMILES string of the molecule is COc1ccc(NC(=O)C2CCCN(c3cnc4nc(C)c(C)nc4c3)C2)c(OC)c1. The summed E-state index contributed by atoms with van der Waals surface area (Å²) in [6.45, 7) is 5.38. The van der Waals surface area contributed by atoms with E-state index in [1.54, 1.807) is 32.4 Å². The first kappa shape index (κ1) is 20.8. The zero-order chi connectivity index (χ0) is 22.0. The quantitative estimate of drug-likeness (QED) is 0.674.